The first-order valence-electron chi connectivity index (χ1n) is 9.64. The van der Waals surface area contributed by atoms with Gasteiger partial charge in [-0.1, -0.05) is 44.2 Å². The third-order valence-electron chi connectivity index (χ3n) is 5.07. The number of nitrogens with one attached hydrogen (secondary N) is 1. The Morgan fingerprint density at radius 2 is 1.84 bits per heavy atom. The molecule has 0 bridgehead atoms. The van der Waals surface area contributed by atoms with Crippen LogP contribution in [0.2, 0.25) is 0 Å². The molecule has 0 aromatic heterocycles. The molecule has 0 aliphatic carbocycles. The molecule has 1 saturated heterocycles. The van der Waals surface area contributed by atoms with E-state index in [1.54, 1.807) is 6.92 Å². The molecule has 1 heterocycles. The third kappa shape index (κ3) is 6.79. The van der Waals surface area contributed by atoms with E-state index >= 15 is 0 Å². The number of hydrogen-bond donors (Lipinski definition) is 2. The van der Waals surface area contributed by atoms with Crippen molar-refractivity contribution in [3.63, 3.8) is 0 Å². The molecule has 1 amide bonds. The number of nitrogens with zero attached hydrogens (tertiary/aromatic N) is 1. The van der Waals surface area contributed by atoms with Gasteiger partial charge >= 0.3 is 0 Å². The lowest BCUT2D eigenvalue weighted by molar-refractivity contribution is -0.125. The monoisotopic (exact) mass is 346 g/mol. The standard InChI is InChI=1S/C21H34N2O2/c1-17-13-18(2)16-23(15-17)12-8-7-11-22-20(24)14-21(3,25)19-9-5-4-6-10-19/h4-6,9-10,17-18,25H,7-8,11-16H2,1-3H3,(H,22,24). The summed E-state index contributed by atoms with van der Waals surface area (Å²) in [7, 11) is 0. The van der Waals surface area contributed by atoms with Crippen LogP contribution < -0.4 is 5.32 Å². The lowest BCUT2D eigenvalue weighted by Gasteiger charge is -2.34. The molecule has 0 radical (unpaired) electrons. The van der Waals surface area contributed by atoms with E-state index in [1.807, 2.05) is 30.3 Å². The Hall–Kier alpha value is -1.39. The van der Waals surface area contributed by atoms with Crippen molar-refractivity contribution in [3.8, 4) is 0 Å². The number of carbonyl (C=O) groups is 1. The summed E-state index contributed by atoms with van der Waals surface area (Å²) in [6.07, 6.45) is 3.53. The molecule has 3 unspecified atom stereocenters. The predicted octanol–water partition coefficient (Wildman–Crippen LogP) is 3.16. The van der Waals surface area contributed by atoms with Gasteiger partial charge in [-0.2, -0.15) is 0 Å². The van der Waals surface area contributed by atoms with Crippen LogP contribution in [0.4, 0.5) is 0 Å². The van der Waals surface area contributed by atoms with Crippen molar-refractivity contribution in [2.75, 3.05) is 26.2 Å². The molecular formula is C21H34N2O2. The highest BCUT2D eigenvalue weighted by molar-refractivity contribution is 5.77. The van der Waals surface area contributed by atoms with Gasteiger partial charge in [0.25, 0.3) is 0 Å². The molecule has 2 N–H and O–H groups in total. The van der Waals surface area contributed by atoms with Gasteiger partial charge in [0, 0.05) is 19.6 Å². The molecule has 0 spiro atoms. The normalized spacial score (nSPS) is 23.8. The summed E-state index contributed by atoms with van der Waals surface area (Å²) >= 11 is 0. The minimum atomic E-state index is -1.12. The number of piperidine rings is 1. The van der Waals surface area contributed by atoms with Crippen LogP contribution in [0, 0.1) is 11.8 Å². The first kappa shape index (κ1) is 19.9. The molecule has 25 heavy (non-hydrogen) atoms. The summed E-state index contributed by atoms with van der Waals surface area (Å²) in [4.78, 5) is 14.7. The zero-order chi connectivity index (χ0) is 18.3. The highest BCUT2D eigenvalue weighted by atomic mass is 16.3. The van der Waals surface area contributed by atoms with Crippen LogP contribution >= 0.6 is 0 Å². The van der Waals surface area contributed by atoms with E-state index in [0.717, 1.165) is 36.8 Å². The van der Waals surface area contributed by atoms with Crippen LogP contribution in [0.15, 0.2) is 30.3 Å². The molecule has 1 fully saturated rings. The molecule has 3 atom stereocenters. The maximum absolute atomic E-state index is 12.1. The second-order valence-corrected chi connectivity index (χ2v) is 8.08. The van der Waals surface area contributed by atoms with E-state index in [0.29, 0.717) is 6.54 Å². The van der Waals surface area contributed by atoms with Gasteiger partial charge in [0.05, 0.1) is 12.0 Å². The maximum Gasteiger partial charge on any atom is 0.223 e. The van der Waals surface area contributed by atoms with Crippen molar-refractivity contribution in [1.82, 2.24) is 10.2 Å². The van der Waals surface area contributed by atoms with Crippen LogP contribution in [0.5, 0.6) is 0 Å². The van der Waals surface area contributed by atoms with Gasteiger partial charge < -0.3 is 15.3 Å². The quantitative estimate of drug-likeness (QED) is 0.711. The van der Waals surface area contributed by atoms with Gasteiger partial charge in [0.1, 0.15) is 0 Å². The van der Waals surface area contributed by atoms with Crippen molar-refractivity contribution in [2.45, 2.75) is 52.1 Å². The molecule has 4 nitrogen and oxygen atoms in total. The Morgan fingerprint density at radius 1 is 1.20 bits per heavy atom. The Bertz CT molecular complexity index is 520. The number of unbranched alkanes of at least 4 members (excludes halogenated alkanes) is 1. The predicted molar refractivity (Wildman–Crippen MR) is 102 cm³/mol. The van der Waals surface area contributed by atoms with Crippen molar-refractivity contribution in [1.29, 1.82) is 0 Å². The third-order valence-corrected chi connectivity index (χ3v) is 5.07. The summed E-state index contributed by atoms with van der Waals surface area (Å²) in [5.41, 5.74) is -0.343. The maximum atomic E-state index is 12.1. The first-order chi connectivity index (χ1) is 11.9. The first-order valence-corrected chi connectivity index (χ1v) is 9.64. The molecule has 1 aliphatic heterocycles. The SMILES string of the molecule is CC1CC(C)CN(CCCCNC(=O)CC(C)(O)c2ccccc2)C1. The number of rotatable bonds is 8. The van der Waals surface area contributed by atoms with Crippen molar-refractivity contribution in [3.05, 3.63) is 35.9 Å². The van der Waals surface area contributed by atoms with Crippen molar-refractivity contribution < 1.29 is 9.90 Å². The van der Waals surface area contributed by atoms with E-state index in [2.05, 4.69) is 24.1 Å². The Kier molecular flexibility index (Phi) is 7.45. The Balaban J connectivity index is 1.62. The number of carbonyl (C=O) groups excluding carboxylic acids is 1. The molecule has 4 heteroatoms. The Morgan fingerprint density at radius 3 is 2.48 bits per heavy atom. The Labute approximate surface area is 152 Å². The van der Waals surface area contributed by atoms with Crippen molar-refractivity contribution in [2.24, 2.45) is 11.8 Å². The highest BCUT2D eigenvalue weighted by Gasteiger charge is 2.26. The average Bonchev–Trinajstić information content (AvgIpc) is 2.54. The molecule has 0 saturated carbocycles. The number of aliphatic hydroxyl groups is 1. The van der Waals surface area contributed by atoms with Gasteiger partial charge in [0.2, 0.25) is 5.91 Å². The number of benzene rings is 1. The minimum absolute atomic E-state index is 0.0888. The van der Waals surface area contributed by atoms with E-state index in [-0.39, 0.29) is 12.3 Å². The van der Waals surface area contributed by atoms with Gasteiger partial charge in [0.15, 0.2) is 0 Å². The number of amides is 1. The highest BCUT2D eigenvalue weighted by Crippen LogP contribution is 2.24. The molecule has 2 rings (SSSR count). The van der Waals surface area contributed by atoms with E-state index in [9.17, 15) is 9.90 Å². The van der Waals surface area contributed by atoms with E-state index < -0.39 is 5.60 Å². The summed E-state index contributed by atoms with van der Waals surface area (Å²) in [5, 5.41) is 13.5. The summed E-state index contributed by atoms with van der Waals surface area (Å²) < 4.78 is 0. The molecule has 140 valence electrons. The second-order valence-electron chi connectivity index (χ2n) is 8.08. The lowest BCUT2D eigenvalue weighted by Crippen LogP contribution is -2.39. The largest absolute Gasteiger partial charge is 0.385 e. The zero-order valence-corrected chi connectivity index (χ0v) is 16.0. The molecule has 1 aromatic carbocycles. The van der Waals surface area contributed by atoms with Gasteiger partial charge in [-0.3, -0.25) is 4.79 Å². The number of hydrogen-bond acceptors (Lipinski definition) is 3. The van der Waals surface area contributed by atoms with Crippen LogP contribution in [0.3, 0.4) is 0 Å². The minimum Gasteiger partial charge on any atom is -0.385 e. The van der Waals surface area contributed by atoms with Gasteiger partial charge in [-0.05, 0) is 50.1 Å². The van der Waals surface area contributed by atoms with Gasteiger partial charge in [-0.15, -0.1) is 0 Å². The smallest absolute Gasteiger partial charge is 0.223 e. The van der Waals surface area contributed by atoms with E-state index in [1.165, 1.54) is 19.5 Å². The lowest BCUT2D eigenvalue weighted by atomic mass is 9.92. The summed E-state index contributed by atoms with van der Waals surface area (Å²) in [6, 6.07) is 9.37. The van der Waals surface area contributed by atoms with Crippen LogP contribution in [-0.4, -0.2) is 42.1 Å². The average molecular weight is 347 g/mol. The zero-order valence-electron chi connectivity index (χ0n) is 16.0. The fourth-order valence-corrected chi connectivity index (χ4v) is 3.94. The second kappa shape index (κ2) is 9.35. The van der Waals surface area contributed by atoms with Crippen molar-refractivity contribution >= 4 is 5.91 Å². The molecular weight excluding hydrogens is 312 g/mol. The summed E-state index contributed by atoms with van der Waals surface area (Å²) in [5.74, 6) is 1.50. The topological polar surface area (TPSA) is 52.6 Å². The van der Waals surface area contributed by atoms with Crippen LogP contribution in [0.1, 0.15) is 52.0 Å². The summed E-state index contributed by atoms with van der Waals surface area (Å²) in [6.45, 7) is 10.6. The van der Waals surface area contributed by atoms with Gasteiger partial charge in [-0.25, -0.2) is 0 Å². The van der Waals surface area contributed by atoms with Crippen LogP contribution in [0.25, 0.3) is 0 Å². The number of likely N-dealkylation sites (tertiary alicyclic amines) is 1. The fourth-order valence-electron chi connectivity index (χ4n) is 3.94. The van der Waals surface area contributed by atoms with Crippen LogP contribution in [-0.2, 0) is 10.4 Å². The fraction of sp³-hybridized carbons (Fsp3) is 0.667. The molecule has 1 aliphatic rings. The molecule has 1 aromatic rings. The van der Waals surface area contributed by atoms with E-state index in [4.69, 9.17) is 0 Å².